The number of hydrogen-bond acceptors (Lipinski definition) is 3. The van der Waals surface area contributed by atoms with Crippen LogP contribution >= 0.6 is 0 Å². The highest BCUT2D eigenvalue weighted by Crippen LogP contribution is 2.14. The molecule has 0 spiro atoms. The number of aryl methyl sites for hydroxylation is 1. The summed E-state index contributed by atoms with van der Waals surface area (Å²) in [5.41, 5.74) is 1.54. The Morgan fingerprint density at radius 1 is 1.47 bits per heavy atom. The summed E-state index contributed by atoms with van der Waals surface area (Å²) in [7, 11) is 0. The van der Waals surface area contributed by atoms with Crippen LogP contribution in [0.25, 0.3) is 0 Å². The molecule has 0 aliphatic rings. The number of amides is 1. The molecule has 0 aliphatic carbocycles. The second kappa shape index (κ2) is 5.70. The Bertz CT molecular complexity index is 400. The molecule has 17 heavy (non-hydrogen) atoms. The van der Waals surface area contributed by atoms with Crippen molar-refractivity contribution in [3.63, 3.8) is 0 Å². The van der Waals surface area contributed by atoms with E-state index < -0.39 is 29.2 Å². The van der Waals surface area contributed by atoms with Gasteiger partial charge in [0.25, 0.3) is 5.91 Å². The molecule has 2 N–H and O–H groups in total. The highest BCUT2D eigenvalue weighted by atomic mass is 19.1. The monoisotopic (exact) mass is 245 g/mol. The second-order valence-corrected chi connectivity index (χ2v) is 3.65. The van der Waals surface area contributed by atoms with Crippen LogP contribution in [0, 0.1) is 18.6 Å². The molecule has 1 aromatic carbocycles. The van der Waals surface area contributed by atoms with Crippen LogP contribution in [0.2, 0.25) is 0 Å². The fourth-order valence-electron chi connectivity index (χ4n) is 1.16. The summed E-state index contributed by atoms with van der Waals surface area (Å²) < 4.78 is 26.7. The highest BCUT2D eigenvalue weighted by molar-refractivity contribution is 5.94. The zero-order chi connectivity index (χ0) is 13.0. The predicted molar refractivity (Wildman–Crippen MR) is 56.2 cm³/mol. The van der Waals surface area contributed by atoms with Gasteiger partial charge < -0.3 is 5.11 Å². The van der Waals surface area contributed by atoms with Crippen molar-refractivity contribution < 1.29 is 23.5 Å². The Balaban J connectivity index is 2.82. The summed E-state index contributed by atoms with van der Waals surface area (Å²) in [6.45, 7) is 2.68. The molecule has 0 fully saturated rings. The first-order chi connectivity index (χ1) is 7.95. The number of rotatable bonds is 4. The van der Waals surface area contributed by atoms with Gasteiger partial charge in [0, 0.05) is 0 Å². The van der Waals surface area contributed by atoms with Gasteiger partial charge in [-0.3, -0.25) is 9.63 Å². The molecule has 0 saturated carbocycles. The van der Waals surface area contributed by atoms with Gasteiger partial charge in [-0.15, -0.1) is 0 Å². The number of hydroxylamine groups is 1. The molecule has 94 valence electrons. The zero-order valence-electron chi connectivity index (χ0n) is 9.46. The minimum absolute atomic E-state index is 0.320. The summed E-state index contributed by atoms with van der Waals surface area (Å²) in [6.07, 6.45) is -0.657. The van der Waals surface area contributed by atoms with Gasteiger partial charge in [0.15, 0.2) is 0 Å². The fourth-order valence-corrected chi connectivity index (χ4v) is 1.16. The van der Waals surface area contributed by atoms with Crippen molar-refractivity contribution in [1.29, 1.82) is 0 Å². The van der Waals surface area contributed by atoms with Gasteiger partial charge in [0.1, 0.15) is 23.3 Å². The Labute approximate surface area is 97.2 Å². The third-order valence-corrected chi connectivity index (χ3v) is 2.02. The molecule has 4 nitrogen and oxygen atoms in total. The van der Waals surface area contributed by atoms with Gasteiger partial charge in [-0.05, 0) is 31.5 Å². The van der Waals surface area contributed by atoms with E-state index >= 15 is 0 Å². The van der Waals surface area contributed by atoms with Crippen LogP contribution in [0.1, 0.15) is 22.8 Å². The first-order valence-electron chi connectivity index (χ1n) is 4.98. The Morgan fingerprint density at radius 3 is 2.47 bits per heavy atom. The summed E-state index contributed by atoms with van der Waals surface area (Å²) in [4.78, 5) is 16.1. The fraction of sp³-hybridized carbons (Fsp3) is 0.364. The lowest BCUT2D eigenvalue weighted by Crippen LogP contribution is -2.31. The van der Waals surface area contributed by atoms with Crippen LogP contribution in [0.4, 0.5) is 8.78 Å². The standard InChI is InChI=1S/C11H13F2NO3/c1-6-3-8(12)10(9(13)4-6)11(16)14-17-7(2)5-15/h3-4,7,15H,5H2,1-2H3,(H,14,16). The maximum atomic E-state index is 13.4. The van der Waals surface area contributed by atoms with Crippen molar-refractivity contribution in [3.8, 4) is 0 Å². The topological polar surface area (TPSA) is 58.6 Å². The molecule has 1 unspecified atom stereocenters. The van der Waals surface area contributed by atoms with Crippen LogP contribution in [0.15, 0.2) is 12.1 Å². The third-order valence-electron chi connectivity index (χ3n) is 2.02. The van der Waals surface area contributed by atoms with Crippen LogP contribution in [-0.4, -0.2) is 23.7 Å². The number of halogens is 2. The number of carbonyl (C=O) groups is 1. The summed E-state index contributed by atoms with van der Waals surface area (Å²) in [6, 6.07) is 2.10. The van der Waals surface area contributed by atoms with Crippen LogP contribution in [0.5, 0.6) is 0 Å². The van der Waals surface area contributed by atoms with E-state index in [-0.39, 0.29) is 6.61 Å². The molecule has 6 heteroatoms. The predicted octanol–water partition coefficient (Wildman–Crippen LogP) is 1.32. The Kier molecular flexibility index (Phi) is 4.53. The normalized spacial score (nSPS) is 12.3. The largest absolute Gasteiger partial charge is 0.394 e. The second-order valence-electron chi connectivity index (χ2n) is 3.65. The molecule has 1 amide bonds. The molecule has 0 heterocycles. The lowest BCUT2D eigenvalue weighted by Gasteiger charge is -2.11. The van der Waals surface area contributed by atoms with Crippen molar-refractivity contribution in [3.05, 3.63) is 34.9 Å². The van der Waals surface area contributed by atoms with Gasteiger partial charge in [0.05, 0.1) is 6.61 Å². The number of hydrogen-bond donors (Lipinski definition) is 2. The Morgan fingerprint density at radius 2 is 2.00 bits per heavy atom. The van der Waals surface area contributed by atoms with Crippen LogP contribution in [-0.2, 0) is 4.84 Å². The first-order valence-corrected chi connectivity index (χ1v) is 4.98. The van der Waals surface area contributed by atoms with E-state index in [1.54, 1.807) is 0 Å². The maximum Gasteiger partial charge on any atom is 0.280 e. The molecule has 0 bridgehead atoms. The highest BCUT2D eigenvalue weighted by Gasteiger charge is 2.18. The molecule has 0 saturated heterocycles. The average molecular weight is 245 g/mol. The van der Waals surface area contributed by atoms with Crippen molar-refractivity contribution >= 4 is 5.91 Å². The molecular weight excluding hydrogens is 232 g/mol. The minimum Gasteiger partial charge on any atom is -0.394 e. The number of aliphatic hydroxyl groups is 1. The SMILES string of the molecule is Cc1cc(F)c(C(=O)NOC(C)CO)c(F)c1. The van der Waals surface area contributed by atoms with Gasteiger partial charge >= 0.3 is 0 Å². The third kappa shape index (κ3) is 3.47. The minimum atomic E-state index is -1.03. The van der Waals surface area contributed by atoms with Crippen molar-refractivity contribution in [2.24, 2.45) is 0 Å². The summed E-state index contributed by atoms with van der Waals surface area (Å²) in [5, 5.41) is 8.64. The van der Waals surface area contributed by atoms with Crippen LogP contribution < -0.4 is 5.48 Å². The first kappa shape index (κ1) is 13.5. The van der Waals surface area contributed by atoms with Crippen molar-refractivity contribution in [1.82, 2.24) is 5.48 Å². The lowest BCUT2D eigenvalue weighted by molar-refractivity contribution is -0.0307. The zero-order valence-corrected chi connectivity index (χ0v) is 9.46. The number of aliphatic hydroxyl groups excluding tert-OH is 1. The van der Waals surface area contributed by atoms with E-state index in [9.17, 15) is 13.6 Å². The van der Waals surface area contributed by atoms with Crippen molar-refractivity contribution in [2.75, 3.05) is 6.61 Å². The molecule has 1 aromatic rings. The van der Waals surface area contributed by atoms with Gasteiger partial charge in [-0.25, -0.2) is 14.3 Å². The smallest absolute Gasteiger partial charge is 0.280 e. The van der Waals surface area contributed by atoms with Crippen LogP contribution in [0.3, 0.4) is 0 Å². The lowest BCUT2D eigenvalue weighted by atomic mass is 10.1. The van der Waals surface area contributed by atoms with Gasteiger partial charge in [-0.2, -0.15) is 0 Å². The number of nitrogens with one attached hydrogen (secondary N) is 1. The molecule has 0 aromatic heterocycles. The summed E-state index contributed by atoms with van der Waals surface area (Å²) >= 11 is 0. The van der Waals surface area contributed by atoms with Crippen molar-refractivity contribution in [2.45, 2.75) is 20.0 Å². The molecule has 0 radical (unpaired) electrons. The number of benzene rings is 1. The maximum absolute atomic E-state index is 13.4. The molecule has 0 aliphatic heterocycles. The van der Waals surface area contributed by atoms with E-state index in [0.717, 1.165) is 12.1 Å². The quantitative estimate of drug-likeness (QED) is 0.786. The number of carbonyl (C=O) groups excluding carboxylic acids is 1. The van der Waals surface area contributed by atoms with E-state index in [0.29, 0.717) is 5.56 Å². The molecule has 1 atom stereocenters. The van der Waals surface area contributed by atoms with Gasteiger partial charge in [0.2, 0.25) is 0 Å². The van der Waals surface area contributed by atoms with E-state index in [1.807, 2.05) is 5.48 Å². The van der Waals surface area contributed by atoms with Gasteiger partial charge in [-0.1, -0.05) is 0 Å². The van der Waals surface area contributed by atoms with E-state index in [2.05, 4.69) is 4.84 Å². The molecule has 1 rings (SSSR count). The molecular formula is C11H13F2NO3. The average Bonchev–Trinajstić information content (AvgIpc) is 2.24. The van der Waals surface area contributed by atoms with E-state index in [1.165, 1.54) is 13.8 Å². The Hall–Kier alpha value is -1.53. The summed E-state index contributed by atoms with van der Waals surface area (Å²) in [5.74, 6) is -2.94. The van der Waals surface area contributed by atoms with E-state index in [4.69, 9.17) is 5.11 Å².